The standard InChI is InChI=1S/C15H30N2O2S/c1-13-8-9-16-15(14-6-4-3-5-7-14)12-17(13)10-11-20(2,18)19/h13-16H,3-12H2,1-2H3. The molecule has 0 aromatic carbocycles. The van der Waals surface area contributed by atoms with Crippen molar-refractivity contribution in [3.63, 3.8) is 0 Å². The van der Waals surface area contributed by atoms with Gasteiger partial charge in [-0.25, -0.2) is 8.42 Å². The second-order valence-electron chi connectivity index (χ2n) is 6.72. The first-order chi connectivity index (χ1) is 9.46. The van der Waals surface area contributed by atoms with Gasteiger partial charge in [-0.1, -0.05) is 19.3 Å². The van der Waals surface area contributed by atoms with E-state index in [1.54, 1.807) is 0 Å². The third-order valence-corrected chi connectivity index (χ3v) is 5.92. The van der Waals surface area contributed by atoms with Gasteiger partial charge < -0.3 is 5.32 Å². The second-order valence-corrected chi connectivity index (χ2v) is 8.98. The van der Waals surface area contributed by atoms with Gasteiger partial charge in [-0.15, -0.1) is 0 Å². The highest BCUT2D eigenvalue weighted by Gasteiger charge is 2.29. The van der Waals surface area contributed by atoms with Crippen molar-refractivity contribution >= 4 is 9.84 Å². The molecule has 2 aliphatic rings. The molecule has 20 heavy (non-hydrogen) atoms. The summed E-state index contributed by atoms with van der Waals surface area (Å²) < 4.78 is 22.8. The predicted molar refractivity (Wildman–Crippen MR) is 83.7 cm³/mol. The van der Waals surface area contributed by atoms with Gasteiger partial charge in [0, 0.05) is 31.4 Å². The van der Waals surface area contributed by atoms with Crippen LogP contribution in [-0.2, 0) is 9.84 Å². The summed E-state index contributed by atoms with van der Waals surface area (Å²) in [5, 5.41) is 3.72. The average molecular weight is 302 g/mol. The molecule has 118 valence electrons. The first-order valence-corrected chi connectivity index (χ1v) is 10.2. The maximum Gasteiger partial charge on any atom is 0.148 e. The molecule has 5 heteroatoms. The molecular formula is C15H30N2O2S. The van der Waals surface area contributed by atoms with E-state index in [0.717, 1.165) is 25.4 Å². The summed E-state index contributed by atoms with van der Waals surface area (Å²) >= 11 is 0. The predicted octanol–water partition coefficient (Wildman–Crippen LogP) is 1.66. The monoisotopic (exact) mass is 302 g/mol. The first kappa shape index (κ1) is 16.2. The lowest BCUT2D eigenvalue weighted by atomic mass is 9.83. The van der Waals surface area contributed by atoms with Gasteiger partial charge >= 0.3 is 0 Å². The normalized spacial score (nSPS) is 31.1. The van der Waals surface area contributed by atoms with Gasteiger partial charge in [0.05, 0.1) is 5.75 Å². The molecule has 4 nitrogen and oxygen atoms in total. The van der Waals surface area contributed by atoms with Crippen LogP contribution in [0.15, 0.2) is 0 Å². The van der Waals surface area contributed by atoms with E-state index in [1.165, 1.54) is 38.4 Å². The summed E-state index contributed by atoms with van der Waals surface area (Å²) in [5.41, 5.74) is 0. The van der Waals surface area contributed by atoms with Crippen LogP contribution in [0.25, 0.3) is 0 Å². The molecule has 2 unspecified atom stereocenters. The van der Waals surface area contributed by atoms with Crippen molar-refractivity contribution in [3.05, 3.63) is 0 Å². The van der Waals surface area contributed by atoms with Crippen LogP contribution in [0, 0.1) is 5.92 Å². The smallest absolute Gasteiger partial charge is 0.148 e. The van der Waals surface area contributed by atoms with Gasteiger partial charge in [0.15, 0.2) is 0 Å². The fourth-order valence-corrected chi connectivity index (χ4v) is 4.17. The van der Waals surface area contributed by atoms with Gasteiger partial charge in [0.25, 0.3) is 0 Å². The van der Waals surface area contributed by atoms with Crippen LogP contribution >= 0.6 is 0 Å². The zero-order valence-corrected chi connectivity index (χ0v) is 13.8. The molecule has 1 saturated heterocycles. The Morgan fingerprint density at radius 3 is 2.50 bits per heavy atom. The molecule has 1 N–H and O–H groups in total. The largest absolute Gasteiger partial charge is 0.312 e. The topological polar surface area (TPSA) is 49.4 Å². The molecule has 0 spiro atoms. The second kappa shape index (κ2) is 7.23. The fourth-order valence-electron chi connectivity index (χ4n) is 3.60. The quantitative estimate of drug-likeness (QED) is 0.858. The van der Waals surface area contributed by atoms with Crippen LogP contribution in [0.4, 0.5) is 0 Å². The highest BCUT2D eigenvalue weighted by atomic mass is 32.2. The van der Waals surface area contributed by atoms with Crippen LogP contribution < -0.4 is 5.32 Å². The molecule has 1 aliphatic carbocycles. The van der Waals surface area contributed by atoms with Gasteiger partial charge in [-0.3, -0.25) is 4.90 Å². The third-order valence-electron chi connectivity index (χ3n) is 4.99. The SMILES string of the molecule is CC1CCNC(C2CCCCC2)CN1CCS(C)(=O)=O. The highest BCUT2D eigenvalue weighted by molar-refractivity contribution is 7.90. The van der Waals surface area contributed by atoms with Crippen molar-refractivity contribution in [3.8, 4) is 0 Å². The Morgan fingerprint density at radius 1 is 1.15 bits per heavy atom. The van der Waals surface area contributed by atoms with E-state index in [-0.39, 0.29) is 5.75 Å². The summed E-state index contributed by atoms with van der Waals surface area (Å²) in [6, 6.07) is 1.04. The first-order valence-electron chi connectivity index (χ1n) is 8.11. The summed E-state index contributed by atoms with van der Waals surface area (Å²) in [5.74, 6) is 1.07. The van der Waals surface area contributed by atoms with E-state index >= 15 is 0 Å². The Morgan fingerprint density at radius 2 is 1.85 bits per heavy atom. The maximum absolute atomic E-state index is 11.4. The Kier molecular flexibility index (Phi) is 5.87. The molecule has 1 heterocycles. The van der Waals surface area contributed by atoms with E-state index in [4.69, 9.17) is 0 Å². The molecule has 2 rings (SSSR count). The molecule has 0 aromatic rings. The van der Waals surface area contributed by atoms with Crippen molar-refractivity contribution in [1.29, 1.82) is 0 Å². The molecule has 0 amide bonds. The van der Waals surface area contributed by atoms with Gasteiger partial charge in [-0.05, 0) is 38.6 Å². The summed E-state index contributed by atoms with van der Waals surface area (Å²) in [6.45, 7) is 5.00. The van der Waals surface area contributed by atoms with Crippen molar-refractivity contribution in [2.24, 2.45) is 5.92 Å². The number of sulfone groups is 1. The van der Waals surface area contributed by atoms with E-state index < -0.39 is 9.84 Å². The van der Waals surface area contributed by atoms with Crippen molar-refractivity contribution in [1.82, 2.24) is 10.2 Å². The molecule has 0 radical (unpaired) electrons. The molecule has 2 fully saturated rings. The molecule has 0 aromatic heterocycles. The van der Waals surface area contributed by atoms with Crippen LogP contribution in [0.2, 0.25) is 0 Å². The minimum Gasteiger partial charge on any atom is -0.312 e. The van der Waals surface area contributed by atoms with E-state index in [0.29, 0.717) is 18.6 Å². The summed E-state index contributed by atoms with van der Waals surface area (Å²) in [6.07, 6.45) is 9.25. The number of rotatable bonds is 4. The Balaban J connectivity index is 1.94. The van der Waals surface area contributed by atoms with E-state index in [9.17, 15) is 8.42 Å². The van der Waals surface area contributed by atoms with Gasteiger partial charge in [-0.2, -0.15) is 0 Å². The number of nitrogens with zero attached hydrogens (tertiary/aromatic N) is 1. The number of hydrogen-bond acceptors (Lipinski definition) is 4. The Labute approximate surface area is 124 Å². The van der Waals surface area contributed by atoms with Gasteiger partial charge in [0.2, 0.25) is 0 Å². The van der Waals surface area contributed by atoms with E-state index in [1.807, 2.05) is 0 Å². The third kappa shape index (κ3) is 5.01. The molecule has 1 aliphatic heterocycles. The number of nitrogens with one attached hydrogen (secondary N) is 1. The van der Waals surface area contributed by atoms with Crippen molar-refractivity contribution in [2.45, 2.75) is 57.5 Å². The lowest BCUT2D eigenvalue weighted by Gasteiger charge is -2.34. The summed E-state index contributed by atoms with van der Waals surface area (Å²) in [7, 11) is -2.86. The Hall–Kier alpha value is -0.130. The molecular weight excluding hydrogens is 272 g/mol. The lowest BCUT2D eigenvalue weighted by Crippen LogP contribution is -2.46. The number of hydrogen-bond donors (Lipinski definition) is 1. The highest BCUT2D eigenvalue weighted by Crippen LogP contribution is 2.28. The Bertz CT molecular complexity index is 391. The van der Waals surface area contributed by atoms with Crippen molar-refractivity contribution in [2.75, 3.05) is 31.6 Å². The molecule has 1 saturated carbocycles. The van der Waals surface area contributed by atoms with Crippen molar-refractivity contribution < 1.29 is 8.42 Å². The van der Waals surface area contributed by atoms with Crippen LogP contribution in [0.1, 0.15) is 45.4 Å². The van der Waals surface area contributed by atoms with Crippen LogP contribution in [-0.4, -0.2) is 57.0 Å². The average Bonchev–Trinajstić information content (AvgIpc) is 2.59. The zero-order valence-electron chi connectivity index (χ0n) is 13.0. The zero-order chi connectivity index (χ0) is 14.6. The minimum absolute atomic E-state index is 0.286. The van der Waals surface area contributed by atoms with Crippen LogP contribution in [0.5, 0.6) is 0 Å². The maximum atomic E-state index is 11.4. The van der Waals surface area contributed by atoms with Crippen LogP contribution in [0.3, 0.4) is 0 Å². The minimum atomic E-state index is -2.86. The van der Waals surface area contributed by atoms with E-state index in [2.05, 4.69) is 17.1 Å². The summed E-state index contributed by atoms with van der Waals surface area (Å²) in [4.78, 5) is 2.39. The fraction of sp³-hybridized carbons (Fsp3) is 1.00. The molecule has 2 atom stereocenters. The lowest BCUT2D eigenvalue weighted by molar-refractivity contribution is 0.180. The molecule has 0 bridgehead atoms. The van der Waals surface area contributed by atoms with Gasteiger partial charge in [0.1, 0.15) is 9.84 Å².